The zero-order chi connectivity index (χ0) is 16.9. The summed E-state index contributed by atoms with van der Waals surface area (Å²) in [6, 6.07) is 2.50. The minimum absolute atomic E-state index is 0.0880. The molecule has 0 aromatic heterocycles. The highest BCUT2D eigenvalue weighted by Crippen LogP contribution is 2.35. The molecule has 1 spiro atoms. The molecule has 8 heteroatoms. The highest BCUT2D eigenvalue weighted by molar-refractivity contribution is 7.89. The number of anilines is 1. The zero-order valence-corrected chi connectivity index (χ0v) is 14.1. The summed E-state index contributed by atoms with van der Waals surface area (Å²) < 4.78 is 41.5. The third kappa shape index (κ3) is 2.53. The van der Waals surface area contributed by atoms with E-state index in [1.165, 1.54) is 10.4 Å². The van der Waals surface area contributed by atoms with E-state index in [1.54, 1.807) is 0 Å². The Morgan fingerprint density at radius 2 is 1.83 bits per heavy atom. The third-order valence-corrected chi connectivity index (χ3v) is 7.37. The van der Waals surface area contributed by atoms with E-state index in [2.05, 4.69) is 10.6 Å². The number of piperidine rings is 1. The topological polar surface area (TPSA) is 78.5 Å². The standard InChI is InChI=1S/C16H20FN3O3S/c17-12-10-13-11(1-2-15(21)19-13)9-14(12)24(22,23)20-7-4-16(5-8-20)3-6-18-16/h9-10,18H,1-8H2,(H,19,21). The predicted octanol–water partition coefficient (Wildman–Crippen LogP) is 1.23. The summed E-state index contributed by atoms with van der Waals surface area (Å²) in [6.45, 7) is 1.79. The first kappa shape index (κ1) is 16.0. The molecule has 2 saturated heterocycles. The van der Waals surface area contributed by atoms with Crippen LogP contribution in [0.4, 0.5) is 10.1 Å². The summed E-state index contributed by atoms with van der Waals surface area (Å²) in [4.78, 5) is 11.1. The monoisotopic (exact) mass is 353 g/mol. The van der Waals surface area contributed by atoms with Crippen LogP contribution in [0, 0.1) is 5.82 Å². The highest BCUT2D eigenvalue weighted by Gasteiger charge is 2.42. The average Bonchev–Trinajstić information content (AvgIpc) is 2.52. The number of hydrogen-bond acceptors (Lipinski definition) is 4. The lowest BCUT2D eigenvalue weighted by molar-refractivity contribution is -0.116. The number of rotatable bonds is 2. The van der Waals surface area contributed by atoms with Crippen LogP contribution < -0.4 is 10.6 Å². The molecule has 6 nitrogen and oxygen atoms in total. The predicted molar refractivity (Wildman–Crippen MR) is 86.7 cm³/mol. The van der Waals surface area contributed by atoms with Gasteiger partial charge in [0.1, 0.15) is 10.7 Å². The summed E-state index contributed by atoms with van der Waals surface area (Å²) in [7, 11) is -3.86. The molecule has 1 aromatic carbocycles. The molecule has 3 aliphatic heterocycles. The molecule has 0 bridgehead atoms. The number of aryl methyl sites for hydroxylation is 1. The fourth-order valence-electron chi connectivity index (χ4n) is 3.78. The van der Waals surface area contributed by atoms with E-state index in [0.717, 1.165) is 31.9 Å². The molecule has 0 unspecified atom stereocenters. The Morgan fingerprint density at radius 1 is 1.12 bits per heavy atom. The van der Waals surface area contributed by atoms with Gasteiger partial charge in [-0.05, 0) is 49.9 Å². The molecule has 0 radical (unpaired) electrons. The van der Waals surface area contributed by atoms with E-state index >= 15 is 0 Å². The normalized spacial score (nSPS) is 23.5. The molecule has 4 rings (SSSR count). The van der Waals surface area contributed by atoms with Crippen molar-refractivity contribution in [3.8, 4) is 0 Å². The van der Waals surface area contributed by atoms with Crippen LogP contribution in [0.25, 0.3) is 0 Å². The largest absolute Gasteiger partial charge is 0.326 e. The minimum atomic E-state index is -3.86. The molecule has 1 amide bonds. The summed E-state index contributed by atoms with van der Waals surface area (Å²) in [5.74, 6) is -0.982. The molecule has 0 atom stereocenters. The maximum atomic E-state index is 14.4. The van der Waals surface area contributed by atoms with E-state index in [1.807, 2.05) is 0 Å². The Labute approximate surface area is 140 Å². The number of nitrogens with zero attached hydrogens (tertiary/aromatic N) is 1. The number of amides is 1. The van der Waals surface area contributed by atoms with Crippen LogP contribution in [-0.2, 0) is 21.2 Å². The van der Waals surface area contributed by atoms with Gasteiger partial charge in [0.2, 0.25) is 15.9 Å². The summed E-state index contributed by atoms with van der Waals surface area (Å²) in [5, 5.41) is 5.98. The summed E-state index contributed by atoms with van der Waals surface area (Å²) in [6.07, 6.45) is 3.31. The second-order valence-corrected chi connectivity index (χ2v) is 8.76. The molecule has 2 fully saturated rings. The molecule has 130 valence electrons. The van der Waals surface area contributed by atoms with E-state index in [-0.39, 0.29) is 22.8 Å². The van der Waals surface area contributed by atoms with Crippen LogP contribution in [0.2, 0.25) is 0 Å². The van der Waals surface area contributed by atoms with E-state index in [9.17, 15) is 17.6 Å². The number of nitrogens with one attached hydrogen (secondary N) is 2. The van der Waals surface area contributed by atoms with Crippen molar-refractivity contribution in [3.63, 3.8) is 0 Å². The van der Waals surface area contributed by atoms with Gasteiger partial charge in [-0.2, -0.15) is 4.31 Å². The second-order valence-electron chi connectivity index (χ2n) is 6.85. The SMILES string of the molecule is O=C1CCc2cc(S(=O)(=O)N3CCC4(CCN4)CC3)c(F)cc2N1. The lowest BCUT2D eigenvalue weighted by Gasteiger charge is -2.48. The molecule has 24 heavy (non-hydrogen) atoms. The van der Waals surface area contributed by atoms with Gasteiger partial charge in [-0.1, -0.05) is 0 Å². The number of fused-ring (bicyclic) bond motifs is 1. The van der Waals surface area contributed by atoms with Crippen molar-refractivity contribution in [2.75, 3.05) is 25.0 Å². The van der Waals surface area contributed by atoms with Gasteiger partial charge in [0.25, 0.3) is 0 Å². The van der Waals surface area contributed by atoms with Gasteiger partial charge >= 0.3 is 0 Å². The van der Waals surface area contributed by atoms with Crippen LogP contribution in [0.3, 0.4) is 0 Å². The van der Waals surface area contributed by atoms with Crippen molar-refractivity contribution in [2.24, 2.45) is 0 Å². The molecule has 3 aliphatic rings. The van der Waals surface area contributed by atoms with Crippen molar-refractivity contribution in [1.29, 1.82) is 0 Å². The maximum Gasteiger partial charge on any atom is 0.245 e. The van der Waals surface area contributed by atoms with Crippen LogP contribution in [-0.4, -0.2) is 43.8 Å². The Balaban J connectivity index is 1.61. The fraction of sp³-hybridized carbons (Fsp3) is 0.562. The second kappa shape index (κ2) is 5.50. The Morgan fingerprint density at radius 3 is 2.46 bits per heavy atom. The number of carbonyl (C=O) groups is 1. The average molecular weight is 353 g/mol. The Bertz CT molecular complexity index is 795. The van der Waals surface area contributed by atoms with Crippen LogP contribution in [0.15, 0.2) is 17.0 Å². The third-order valence-electron chi connectivity index (χ3n) is 5.45. The smallest absolute Gasteiger partial charge is 0.245 e. The first-order valence-electron chi connectivity index (χ1n) is 8.27. The van der Waals surface area contributed by atoms with Crippen LogP contribution >= 0.6 is 0 Å². The van der Waals surface area contributed by atoms with Gasteiger partial charge in [0.05, 0.1) is 0 Å². The molecule has 0 aliphatic carbocycles. The molecular formula is C16H20FN3O3S. The lowest BCUT2D eigenvalue weighted by atomic mass is 9.80. The van der Waals surface area contributed by atoms with Crippen molar-refractivity contribution in [1.82, 2.24) is 9.62 Å². The van der Waals surface area contributed by atoms with E-state index in [4.69, 9.17) is 0 Å². The molecule has 0 saturated carbocycles. The molecule has 1 aromatic rings. The fourth-order valence-corrected chi connectivity index (χ4v) is 5.31. The minimum Gasteiger partial charge on any atom is -0.326 e. The van der Waals surface area contributed by atoms with Crippen molar-refractivity contribution in [2.45, 2.75) is 42.5 Å². The lowest BCUT2D eigenvalue weighted by Crippen LogP contribution is -2.62. The van der Waals surface area contributed by atoms with Crippen molar-refractivity contribution < 1.29 is 17.6 Å². The maximum absolute atomic E-state index is 14.4. The zero-order valence-electron chi connectivity index (χ0n) is 13.3. The Hall–Kier alpha value is -1.51. The molecule has 2 N–H and O–H groups in total. The van der Waals surface area contributed by atoms with Crippen LogP contribution in [0.5, 0.6) is 0 Å². The van der Waals surface area contributed by atoms with Gasteiger partial charge in [-0.3, -0.25) is 4.79 Å². The van der Waals surface area contributed by atoms with Crippen molar-refractivity contribution in [3.05, 3.63) is 23.5 Å². The highest BCUT2D eigenvalue weighted by atomic mass is 32.2. The molecule has 3 heterocycles. The van der Waals surface area contributed by atoms with E-state index < -0.39 is 15.8 Å². The van der Waals surface area contributed by atoms with Gasteiger partial charge in [0.15, 0.2) is 0 Å². The number of benzene rings is 1. The van der Waals surface area contributed by atoms with Gasteiger partial charge in [-0.15, -0.1) is 0 Å². The van der Waals surface area contributed by atoms with Crippen molar-refractivity contribution >= 4 is 21.6 Å². The van der Waals surface area contributed by atoms with Gasteiger partial charge < -0.3 is 10.6 Å². The number of sulfonamides is 1. The van der Waals surface area contributed by atoms with Gasteiger partial charge in [-0.25, -0.2) is 12.8 Å². The molecular weight excluding hydrogens is 333 g/mol. The Kier molecular flexibility index (Phi) is 3.67. The first-order chi connectivity index (χ1) is 11.4. The number of halogens is 1. The van der Waals surface area contributed by atoms with E-state index in [0.29, 0.717) is 30.8 Å². The number of hydrogen-bond donors (Lipinski definition) is 2. The summed E-state index contributed by atoms with van der Waals surface area (Å²) >= 11 is 0. The number of carbonyl (C=O) groups excluding carboxylic acids is 1. The summed E-state index contributed by atoms with van der Waals surface area (Å²) in [5.41, 5.74) is 1.13. The van der Waals surface area contributed by atoms with Crippen LogP contribution in [0.1, 0.15) is 31.2 Å². The van der Waals surface area contributed by atoms with Gasteiger partial charge in [0, 0.05) is 30.7 Å². The quantitative estimate of drug-likeness (QED) is 0.838. The first-order valence-corrected chi connectivity index (χ1v) is 9.71.